The number of nitrogens with zero attached hydrogens (tertiary/aromatic N) is 2. The molecule has 0 aliphatic rings. The van der Waals surface area contributed by atoms with E-state index in [9.17, 15) is 0 Å². The van der Waals surface area contributed by atoms with Gasteiger partial charge in [-0.1, -0.05) is 0 Å². The molecule has 0 atom stereocenters. The van der Waals surface area contributed by atoms with Gasteiger partial charge in [0.15, 0.2) is 0 Å². The second-order valence-electron chi connectivity index (χ2n) is 4.10. The zero-order valence-corrected chi connectivity index (χ0v) is 10.4. The molecule has 5 heteroatoms. The molecule has 3 nitrogen and oxygen atoms in total. The SMILES string of the molecule is CC(C)(N)CSc1ncnc2sccc12. The molecule has 0 fully saturated rings. The smallest absolute Gasteiger partial charge is 0.127 e. The van der Waals surface area contributed by atoms with E-state index >= 15 is 0 Å². The number of hydrogen-bond acceptors (Lipinski definition) is 5. The van der Waals surface area contributed by atoms with Crippen LogP contribution in [0.3, 0.4) is 0 Å². The summed E-state index contributed by atoms with van der Waals surface area (Å²) in [4.78, 5) is 9.54. The fraction of sp³-hybridized carbons (Fsp3) is 0.400. The van der Waals surface area contributed by atoms with E-state index in [-0.39, 0.29) is 5.54 Å². The number of nitrogens with two attached hydrogens (primary N) is 1. The maximum absolute atomic E-state index is 5.94. The number of fused-ring (bicyclic) bond motifs is 1. The third kappa shape index (κ3) is 2.68. The summed E-state index contributed by atoms with van der Waals surface area (Å²) in [6.07, 6.45) is 1.62. The van der Waals surface area contributed by atoms with Gasteiger partial charge in [0.2, 0.25) is 0 Å². The monoisotopic (exact) mass is 239 g/mol. The van der Waals surface area contributed by atoms with Gasteiger partial charge in [-0.15, -0.1) is 23.1 Å². The Kier molecular flexibility index (Phi) is 2.95. The summed E-state index contributed by atoms with van der Waals surface area (Å²) in [6.45, 7) is 4.04. The number of rotatable bonds is 3. The first-order valence-electron chi connectivity index (χ1n) is 4.66. The van der Waals surface area contributed by atoms with E-state index in [2.05, 4.69) is 16.0 Å². The molecule has 0 unspecified atom stereocenters. The van der Waals surface area contributed by atoms with E-state index in [4.69, 9.17) is 5.73 Å². The van der Waals surface area contributed by atoms with Gasteiger partial charge >= 0.3 is 0 Å². The van der Waals surface area contributed by atoms with Crippen LogP contribution in [0.1, 0.15) is 13.8 Å². The van der Waals surface area contributed by atoms with Gasteiger partial charge in [-0.2, -0.15) is 0 Å². The quantitative estimate of drug-likeness (QED) is 0.660. The van der Waals surface area contributed by atoms with Gasteiger partial charge in [0.1, 0.15) is 16.2 Å². The van der Waals surface area contributed by atoms with Gasteiger partial charge in [0, 0.05) is 16.7 Å². The van der Waals surface area contributed by atoms with E-state index in [0.717, 1.165) is 21.0 Å². The molecule has 2 rings (SSSR count). The van der Waals surface area contributed by atoms with Crippen molar-refractivity contribution in [1.82, 2.24) is 9.97 Å². The van der Waals surface area contributed by atoms with Crippen LogP contribution in [0.2, 0.25) is 0 Å². The molecule has 0 saturated carbocycles. The standard InChI is InChI=1S/C10H13N3S2/c1-10(2,11)5-15-9-7-3-4-14-8(7)12-6-13-9/h3-4,6H,5,11H2,1-2H3. The summed E-state index contributed by atoms with van der Waals surface area (Å²) >= 11 is 3.33. The zero-order chi connectivity index (χ0) is 10.9. The van der Waals surface area contributed by atoms with Gasteiger partial charge in [0.25, 0.3) is 0 Å². The number of hydrogen-bond donors (Lipinski definition) is 1. The molecule has 0 saturated heterocycles. The van der Waals surface area contributed by atoms with Gasteiger partial charge in [-0.3, -0.25) is 0 Å². The largest absolute Gasteiger partial charge is 0.325 e. The van der Waals surface area contributed by atoms with Crippen molar-refractivity contribution < 1.29 is 0 Å². The van der Waals surface area contributed by atoms with Crippen molar-refractivity contribution in [3.8, 4) is 0 Å². The molecule has 0 amide bonds. The third-order valence-electron chi connectivity index (χ3n) is 1.81. The lowest BCUT2D eigenvalue weighted by molar-refractivity contribution is 0.591. The Morgan fingerprint density at radius 1 is 1.47 bits per heavy atom. The van der Waals surface area contributed by atoms with Crippen LogP contribution < -0.4 is 5.73 Å². The molecule has 0 spiro atoms. The Bertz CT molecular complexity index is 459. The molecule has 2 aromatic heterocycles. The van der Waals surface area contributed by atoms with Crippen molar-refractivity contribution >= 4 is 33.3 Å². The molecular weight excluding hydrogens is 226 g/mol. The van der Waals surface area contributed by atoms with E-state index in [1.165, 1.54) is 0 Å². The normalized spacial score (nSPS) is 12.2. The van der Waals surface area contributed by atoms with Crippen LogP contribution in [0.4, 0.5) is 0 Å². The molecule has 2 heterocycles. The minimum Gasteiger partial charge on any atom is -0.325 e. The summed E-state index contributed by atoms with van der Waals surface area (Å²) in [5.74, 6) is 0.856. The summed E-state index contributed by atoms with van der Waals surface area (Å²) in [5.41, 5.74) is 5.77. The van der Waals surface area contributed by atoms with Crippen molar-refractivity contribution in [3.05, 3.63) is 17.8 Å². The molecule has 0 radical (unpaired) electrons. The van der Waals surface area contributed by atoms with Crippen LogP contribution in [-0.4, -0.2) is 21.3 Å². The molecule has 15 heavy (non-hydrogen) atoms. The van der Waals surface area contributed by atoms with Crippen LogP contribution in [0, 0.1) is 0 Å². The highest BCUT2D eigenvalue weighted by Gasteiger charge is 2.13. The van der Waals surface area contributed by atoms with Crippen LogP contribution in [0.15, 0.2) is 22.8 Å². The van der Waals surface area contributed by atoms with E-state index in [1.807, 2.05) is 19.2 Å². The summed E-state index contributed by atoms with van der Waals surface area (Å²) < 4.78 is 0. The lowest BCUT2D eigenvalue weighted by atomic mass is 10.1. The first kappa shape index (κ1) is 10.9. The minimum atomic E-state index is -0.169. The first-order chi connectivity index (χ1) is 7.06. The number of thiophene rings is 1. The van der Waals surface area contributed by atoms with Crippen molar-refractivity contribution in [3.63, 3.8) is 0 Å². The number of aromatic nitrogens is 2. The highest BCUT2D eigenvalue weighted by Crippen LogP contribution is 2.28. The summed E-state index contributed by atoms with van der Waals surface area (Å²) in [5, 5.41) is 4.20. The topological polar surface area (TPSA) is 51.8 Å². The summed E-state index contributed by atoms with van der Waals surface area (Å²) in [6, 6.07) is 2.06. The van der Waals surface area contributed by atoms with Crippen molar-refractivity contribution in [2.75, 3.05) is 5.75 Å². The minimum absolute atomic E-state index is 0.169. The molecule has 0 aliphatic carbocycles. The Morgan fingerprint density at radius 2 is 2.27 bits per heavy atom. The Labute approximate surface area is 97.1 Å². The van der Waals surface area contributed by atoms with Gasteiger partial charge in [0.05, 0.1) is 0 Å². The van der Waals surface area contributed by atoms with Crippen molar-refractivity contribution in [1.29, 1.82) is 0 Å². The molecule has 0 aromatic carbocycles. The zero-order valence-electron chi connectivity index (χ0n) is 8.73. The van der Waals surface area contributed by atoms with Gasteiger partial charge < -0.3 is 5.73 Å². The molecule has 2 N–H and O–H groups in total. The molecule has 2 aromatic rings. The average Bonchev–Trinajstić information content (AvgIpc) is 2.61. The third-order valence-corrected chi connectivity index (χ3v) is 4.11. The van der Waals surface area contributed by atoms with E-state index < -0.39 is 0 Å². The van der Waals surface area contributed by atoms with Crippen molar-refractivity contribution in [2.45, 2.75) is 24.4 Å². The highest BCUT2D eigenvalue weighted by atomic mass is 32.2. The maximum Gasteiger partial charge on any atom is 0.127 e. The predicted molar refractivity (Wildman–Crippen MR) is 66.4 cm³/mol. The average molecular weight is 239 g/mol. The van der Waals surface area contributed by atoms with Gasteiger partial charge in [-0.05, 0) is 25.3 Å². The molecule has 0 aliphatic heterocycles. The Hall–Kier alpha value is -0.650. The van der Waals surface area contributed by atoms with Crippen LogP contribution in [0.5, 0.6) is 0 Å². The maximum atomic E-state index is 5.94. The van der Waals surface area contributed by atoms with Crippen molar-refractivity contribution in [2.24, 2.45) is 5.73 Å². The first-order valence-corrected chi connectivity index (χ1v) is 6.53. The lowest BCUT2D eigenvalue weighted by Crippen LogP contribution is -2.34. The second-order valence-corrected chi connectivity index (χ2v) is 5.95. The number of thioether (sulfide) groups is 1. The van der Waals surface area contributed by atoms with E-state index in [0.29, 0.717) is 0 Å². The molecule has 80 valence electrons. The van der Waals surface area contributed by atoms with E-state index in [1.54, 1.807) is 29.4 Å². The second kappa shape index (κ2) is 4.08. The Morgan fingerprint density at radius 3 is 3.00 bits per heavy atom. The van der Waals surface area contributed by atoms with Crippen LogP contribution >= 0.6 is 23.1 Å². The Balaban J connectivity index is 2.24. The highest BCUT2D eigenvalue weighted by molar-refractivity contribution is 7.99. The molecular formula is C10H13N3S2. The fourth-order valence-electron chi connectivity index (χ4n) is 1.14. The molecule has 0 bridgehead atoms. The van der Waals surface area contributed by atoms with Crippen LogP contribution in [0.25, 0.3) is 10.2 Å². The van der Waals surface area contributed by atoms with Gasteiger partial charge in [-0.25, -0.2) is 9.97 Å². The summed E-state index contributed by atoms with van der Waals surface area (Å²) in [7, 11) is 0. The van der Waals surface area contributed by atoms with Crippen LogP contribution in [-0.2, 0) is 0 Å². The predicted octanol–water partition coefficient (Wildman–Crippen LogP) is 2.52. The lowest BCUT2D eigenvalue weighted by Gasteiger charge is -2.17. The fourth-order valence-corrected chi connectivity index (χ4v) is 2.88.